The Morgan fingerprint density at radius 2 is 1.78 bits per heavy atom. The van der Waals surface area contributed by atoms with E-state index in [0.717, 1.165) is 41.9 Å². The summed E-state index contributed by atoms with van der Waals surface area (Å²) < 4.78 is 10.6. The zero-order chi connectivity index (χ0) is 19.0. The van der Waals surface area contributed by atoms with Crippen LogP contribution < -0.4 is 10.1 Å². The normalized spacial score (nSPS) is 30.8. The Balaban J connectivity index is 1.35. The van der Waals surface area contributed by atoms with Crippen molar-refractivity contribution in [3.8, 4) is 5.75 Å². The Kier molecular flexibility index (Phi) is 5.10. The molecule has 1 aromatic rings. The van der Waals surface area contributed by atoms with Crippen LogP contribution in [0.15, 0.2) is 23.1 Å². The average Bonchev–Trinajstić information content (AvgIpc) is 2.64. The molecule has 4 fully saturated rings. The third-order valence-electron chi connectivity index (χ3n) is 6.41. The second kappa shape index (κ2) is 7.38. The molecule has 1 N–H and O–H groups in total. The van der Waals surface area contributed by atoms with Gasteiger partial charge in [0, 0.05) is 10.4 Å². The van der Waals surface area contributed by atoms with Gasteiger partial charge in [-0.1, -0.05) is 0 Å². The first-order valence-electron chi connectivity index (χ1n) is 9.70. The number of carbonyl (C=O) groups excluding carboxylic acids is 2. The van der Waals surface area contributed by atoms with Crippen LogP contribution in [0.25, 0.3) is 0 Å². The summed E-state index contributed by atoms with van der Waals surface area (Å²) in [4.78, 5) is 25.9. The molecule has 0 radical (unpaired) electrons. The van der Waals surface area contributed by atoms with E-state index in [4.69, 9.17) is 9.47 Å². The van der Waals surface area contributed by atoms with E-state index in [9.17, 15) is 9.59 Å². The van der Waals surface area contributed by atoms with E-state index in [2.05, 4.69) is 5.32 Å². The van der Waals surface area contributed by atoms with E-state index in [1.807, 2.05) is 12.3 Å². The molecule has 0 aromatic heterocycles. The first-order valence-corrected chi connectivity index (χ1v) is 10.9. The molecule has 4 saturated carbocycles. The maximum absolute atomic E-state index is 12.5. The van der Waals surface area contributed by atoms with Gasteiger partial charge in [-0.25, -0.2) is 4.79 Å². The molecule has 6 heteroatoms. The molecule has 0 aliphatic heterocycles. The highest BCUT2D eigenvalue weighted by Gasteiger charge is 2.51. The van der Waals surface area contributed by atoms with Gasteiger partial charge in [-0.15, -0.1) is 11.8 Å². The fourth-order valence-electron chi connectivity index (χ4n) is 5.77. The van der Waals surface area contributed by atoms with E-state index >= 15 is 0 Å². The van der Waals surface area contributed by atoms with Crippen molar-refractivity contribution in [1.29, 1.82) is 0 Å². The fraction of sp³-hybridized carbons (Fsp3) is 0.619. The van der Waals surface area contributed by atoms with Gasteiger partial charge in [0.05, 0.1) is 7.11 Å². The van der Waals surface area contributed by atoms with E-state index < -0.39 is 5.97 Å². The molecule has 0 saturated heterocycles. The predicted molar refractivity (Wildman–Crippen MR) is 104 cm³/mol. The van der Waals surface area contributed by atoms with Crippen LogP contribution in [0.4, 0.5) is 0 Å². The summed E-state index contributed by atoms with van der Waals surface area (Å²) >= 11 is 1.57. The van der Waals surface area contributed by atoms with Crippen LogP contribution in [-0.2, 0) is 9.53 Å². The van der Waals surface area contributed by atoms with Crippen LogP contribution in [0.5, 0.6) is 5.75 Å². The van der Waals surface area contributed by atoms with Gasteiger partial charge in [0.15, 0.2) is 6.61 Å². The quantitative estimate of drug-likeness (QED) is 0.594. The zero-order valence-corrected chi connectivity index (χ0v) is 16.8. The molecule has 27 heavy (non-hydrogen) atoms. The molecular formula is C21H27NO4S. The Morgan fingerprint density at radius 3 is 2.33 bits per heavy atom. The molecular weight excluding hydrogens is 362 g/mol. The minimum absolute atomic E-state index is 0.0596. The van der Waals surface area contributed by atoms with Gasteiger partial charge in [0.25, 0.3) is 5.91 Å². The number of hydrogen-bond acceptors (Lipinski definition) is 5. The van der Waals surface area contributed by atoms with Gasteiger partial charge in [-0.3, -0.25) is 4.79 Å². The topological polar surface area (TPSA) is 64.6 Å². The second-order valence-electron chi connectivity index (χ2n) is 8.39. The summed E-state index contributed by atoms with van der Waals surface area (Å²) in [6.45, 7) is -0.242. The second-order valence-corrected chi connectivity index (χ2v) is 9.27. The molecule has 5 rings (SSSR count). The Morgan fingerprint density at radius 1 is 1.15 bits per heavy atom. The van der Waals surface area contributed by atoms with E-state index in [-0.39, 0.29) is 18.1 Å². The molecule has 146 valence electrons. The van der Waals surface area contributed by atoms with E-state index in [1.54, 1.807) is 23.9 Å². The number of carbonyl (C=O) groups is 2. The minimum atomic E-state index is -0.528. The molecule has 0 unspecified atom stereocenters. The van der Waals surface area contributed by atoms with Crippen LogP contribution in [-0.4, -0.2) is 37.4 Å². The lowest BCUT2D eigenvalue weighted by atomic mass is 9.53. The summed E-state index contributed by atoms with van der Waals surface area (Å²) in [7, 11) is 1.52. The highest BCUT2D eigenvalue weighted by Crippen LogP contribution is 2.55. The van der Waals surface area contributed by atoms with Crippen molar-refractivity contribution >= 4 is 23.6 Å². The van der Waals surface area contributed by atoms with Crippen LogP contribution in [0, 0.1) is 17.8 Å². The van der Waals surface area contributed by atoms with Crippen molar-refractivity contribution in [2.45, 2.75) is 49.0 Å². The van der Waals surface area contributed by atoms with Gasteiger partial charge >= 0.3 is 5.97 Å². The number of hydrogen-bond donors (Lipinski definition) is 1. The number of amides is 1. The van der Waals surface area contributed by atoms with Crippen molar-refractivity contribution in [3.63, 3.8) is 0 Å². The molecule has 4 bridgehead atoms. The number of esters is 1. The number of benzene rings is 1. The van der Waals surface area contributed by atoms with Gasteiger partial charge in [0.1, 0.15) is 11.3 Å². The van der Waals surface area contributed by atoms with Crippen LogP contribution in [0.3, 0.4) is 0 Å². The van der Waals surface area contributed by atoms with Gasteiger partial charge < -0.3 is 14.8 Å². The van der Waals surface area contributed by atoms with Crippen molar-refractivity contribution < 1.29 is 19.1 Å². The number of thioether (sulfide) groups is 1. The third-order valence-corrected chi connectivity index (χ3v) is 7.13. The van der Waals surface area contributed by atoms with E-state index in [0.29, 0.717) is 11.3 Å². The largest absolute Gasteiger partial charge is 0.496 e. The molecule has 1 amide bonds. The van der Waals surface area contributed by atoms with Crippen LogP contribution in [0.2, 0.25) is 0 Å². The highest BCUT2D eigenvalue weighted by atomic mass is 32.2. The lowest BCUT2D eigenvalue weighted by molar-refractivity contribution is -0.130. The van der Waals surface area contributed by atoms with Crippen molar-refractivity contribution in [1.82, 2.24) is 5.32 Å². The maximum atomic E-state index is 12.5. The lowest BCUT2D eigenvalue weighted by Crippen LogP contribution is -2.60. The number of ether oxygens (including phenoxy) is 2. The van der Waals surface area contributed by atoms with Crippen molar-refractivity contribution in [2.24, 2.45) is 17.8 Å². The first kappa shape index (κ1) is 18.7. The predicted octanol–water partition coefficient (Wildman–Crippen LogP) is 3.66. The molecule has 4 aliphatic carbocycles. The average molecular weight is 390 g/mol. The molecule has 5 nitrogen and oxygen atoms in total. The molecule has 0 heterocycles. The highest BCUT2D eigenvalue weighted by molar-refractivity contribution is 7.98. The Bertz CT molecular complexity index is 712. The smallest absolute Gasteiger partial charge is 0.342 e. The summed E-state index contributed by atoms with van der Waals surface area (Å²) in [5.41, 5.74) is 0.286. The van der Waals surface area contributed by atoms with Gasteiger partial charge in [0.2, 0.25) is 0 Å². The van der Waals surface area contributed by atoms with Crippen LogP contribution in [0.1, 0.15) is 48.9 Å². The summed E-state index contributed by atoms with van der Waals surface area (Å²) in [6, 6.07) is 5.33. The van der Waals surface area contributed by atoms with Crippen molar-refractivity contribution in [3.05, 3.63) is 23.8 Å². The minimum Gasteiger partial charge on any atom is -0.496 e. The Hall–Kier alpha value is -1.69. The number of rotatable bonds is 6. The molecule has 0 atom stereocenters. The monoisotopic (exact) mass is 389 g/mol. The number of nitrogens with one attached hydrogen (secondary N) is 1. The van der Waals surface area contributed by atoms with Crippen LogP contribution >= 0.6 is 11.8 Å². The third kappa shape index (κ3) is 3.82. The Labute approximate surface area is 164 Å². The standard InChI is InChI=1S/C21H27NO4S/c1-25-18-8-16(27-2)3-4-17(18)20(24)26-12-19(23)22-21-9-13-5-14(10-21)7-15(6-13)11-21/h3-4,8,13-15H,5-7,9-12H2,1-2H3,(H,22,23). The summed E-state index contributed by atoms with van der Waals surface area (Å²) in [5.74, 6) is 2.04. The van der Waals surface area contributed by atoms with Gasteiger partial charge in [-0.05, 0) is 80.7 Å². The van der Waals surface area contributed by atoms with Crippen molar-refractivity contribution in [2.75, 3.05) is 20.0 Å². The van der Waals surface area contributed by atoms with E-state index in [1.165, 1.54) is 26.4 Å². The SMILES string of the molecule is COc1cc(SC)ccc1C(=O)OCC(=O)NC12CC3CC(CC(C3)C1)C2. The lowest BCUT2D eigenvalue weighted by Gasteiger charge is -2.56. The first-order chi connectivity index (χ1) is 13.0. The number of methoxy groups -OCH3 is 1. The zero-order valence-electron chi connectivity index (χ0n) is 16.0. The maximum Gasteiger partial charge on any atom is 0.342 e. The van der Waals surface area contributed by atoms with Gasteiger partial charge in [-0.2, -0.15) is 0 Å². The summed E-state index contributed by atoms with van der Waals surface area (Å²) in [6.07, 6.45) is 9.21. The molecule has 1 aromatic carbocycles. The molecule has 4 aliphatic rings. The molecule has 0 spiro atoms. The summed E-state index contributed by atoms with van der Waals surface area (Å²) in [5, 5.41) is 3.23. The fourth-order valence-corrected chi connectivity index (χ4v) is 6.20.